The highest BCUT2D eigenvalue weighted by Crippen LogP contribution is 2.29. The fraction of sp³-hybridized carbons (Fsp3) is 0.571. The van der Waals surface area contributed by atoms with Crippen LogP contribution in [0.15, 0.2) is 27.6 Å². The van der Waals surface area contributed by atoms with Crippen LogP contribution in [0.3, 0.4) is 0 Å². The lowest BCUT2D eigenvalue weighted by Gasteiger charge is -2.36. The molecule has 0 bridgehead atoms. The average molecular weight is 375 g/mol. The molecule has 7 heteroatoms. The van der Waals surface area contributed by atoms with Crippen molar-refractivity contribution in [2.45, 2.75) is 30.4 Å². The van der Waals surface area contributed by atoms with E-state index >= 15 is 0 Å². The Labute approximate surface area is 133 Å². The number of halogens is 1. The number of nitrogens with zero attached hydrogens (tertiary/aromatic N) is 2. The minimum atomic E-state index is -3.48. The first-order valence-electron chi connectivity index (χ1n) is 7.16. The van der Waals surface area contributed by atoms with Crippen LogP contribution in [0.2, 0.25) is 0 Å². The molecule has 3 rings (SSSR count). The van der Waals surface area contributed by atoms with Crippen molar-refractivity contribution in [3.63, 3.8) is 0 Å². The fourth-order valence-corrected chi connectivity index (χ4v) is 5.73. The molecule has 0 saturated carbocycles. The lowest BCUT2D eigenvalue weighted by Crippen LogP contribution is -2.51. The first-order valence-corrected chi connectivity index (χ1v) is 9.39. The van der Waals surface area contributed by atoms with Crippen LogP contribution in [0, 0.1) is 0 Å². The number of fused-ring (bicyclic) bond motifs is 1. The number of hydrogen-bond donors (Lipinski definition) is 1. The van der Waals surface area contributed by atoms with Crippen LogP contribution in [0.25, 0.3) is 0 Å². The van der Waals surface area contributed by atoms with E-state index in [9.17, 15) is 8.42 Å². The topological polar surface area (TPSA) is 60.9 Å². The maximum absolute atomic E-state index is 12.8. The van der Waals surface area contributed by atoms with Crippen LogP contribution < -0.4 is 0 Å². The van der Waals surface area contributed by atoms with Crippen LogP contribution in [-0.2, 0) is 16.6 Å². The van der Waals surface area contributed by atoms with Crippen molar-refractivity contribution in [2.75, 3.05) is 26.2 Å². The first-order chi connectivity index (χ1) is 10.0. The van der Waals surface area contributed by atoms with E-state index in [1.807, 2.05) is 0 Å². The van der Waals surface area contributed by atoms with Crippen molar-refractivity contribution in [2.24, 2.45) is 0 Å². The van der Waals surface area contributed by atoms with Gasteiger partial charge in [-0.25, -0.2) is 8.42 Å². The zero-order valence-corrected chi connectivity index (χ0v) is 14.1. The Kier molecular flexibility index (Phi) is 4.38. The highest BCUT2D eigenvalue weighted by Gasteiger charge is 2.36. The van der Waals surface area contributed by atoms with Gasteiger partial charge in [0, 0.05) is 30.1 Å². The number of rotatable bonds is 3. The van der Waals surface area contributed by atoms with Gasteiger partial charge in [-0.15, -0.1) is 0 Å². The molecule has 21 heavy (non-hydrogen) atoms. The van der Waals surface area contributed by atoms with Gasteiger partial charge in [-0.3, -0.25) is 4.90 Å². The predicted octanol–water partition coefficient (Wildman–Crippen LogP) is 1.41. The van der Waals surface area contributed by atoms with E-state index in [-0.39, 0.29) is 11.5 Å². The molecule has 2 aliphatic heterocycles. The molecule has 2 saturated heterocycles. The van der Waals surface area contributed by atoms with E-state index < -0.39 is 10.0 Å². The van der Waals surface area contributed by atoms with Crippen LogP contribution in [0.1, 0.15) is 18.4 Å². The second kappa shape index (κ2) is 5.96. The van der Waals surface area contributed by atoms with Crippen LogP contribution in [-0.4, -0.2) is 55.0 Å². The third-order valence-electron chi connectivity index (χ3n) is 4.35. The van der Waals surface area contributed by atoms with Gasteiger partial charge in [-0.05, 0) is 53.0 Å². The standard InChI is InChI=1S/C14H19BrN2O3S/c15-13-8-11(10-18)3-4-14(13)21(19,20)17-7-6-16-5-1-2-12(16)9-17/h3-4,8,12,18H,1-2,5-7,9-10H2. The molecular formula is C14H19BrN2O3S. The summed E-state index contributed by atoms with van der Waals surface area (Å²) in [5.41, 5.74) is 0.696. The van der Waals surface area contributed by atoms with Gasteiger partial charge in [-0.2, -0.15) is 4.31 Å². The zero-order chi connectivity index (χ0) is 15.0. The second-order valence-corrected chi connectivity index (χ2v) is 8.38. The molecule has 5 nitrogen and oxygen atoms in total. The maximum Gasteiger partial charge on any atom is 0.244 e. The Morgan fingerprint density at radius 1 is 1.29 bits per heavy atom. The van der Waals surface area contributed by atoms with Crippen LogP contribution in [0.4, 0.5) is 0 Å². The smallest absolute Gasteiger partial charge is 0.244 e. The average Bonchev–Trinajstić information content (AvgIpc) is 2.94. The van der Waals surface area contributed by atoms with E-state index in [0.717, 1.165) is 25.9 Å². The van der Waals surface area contributed by atoms with Crippen molar-refractivity contribution < 1.29 is 13.5 Å². The quantitative estimate of drug-likeness (QED) is 0.868. The summed E-state index contributed by atoms with van der Waals surface area (Å²) in [5.74, 6) is 0. The molecule has 1 aromatic carbocycles. The number of aliphatic hydroxyl groups is 1. The van der Waals surface area contributed by atoms with Crippen molar-refractivity contribution in [3.8, 4) is 0 Å². The van der Waals surface area contributed by atoms with Crippen molar-refractivity contribution in [3.05, 3.63) is 28.2 Å². The van der Waals surface area contributed by atoms with E-state index in [0.29, 0.717) is 29.2 Å². The zero-order valence-electron chi connectivity index (χ0n) is 11.7. The first kappa shape index (κ1) is 15.4. The van der Waals surface area contributed by atoms with E-state index in [1.54, 1.807) is 22.5 Å². The molecule has 0 aliphatic carbocycles. The summed E-state index contributed by atoms with van der Waals surface area (Å²) in [7, 11) is -3.48. The monoisotopic (exact) mass is 374 g/mol. The number of piperazine rings is 1. The van der Waals surface area contributed by atoms with Crippen molar-refractivity contribution in [1.82, 2.24) is 9.21 Å². The third-order valence-corrected chi connectivity index (χ3v) is 7.19. The summed E-state index contributed by atoms with van der Waals surface area (Å²) in [6, 6.07) is 5.26. The summed E-state index contributed by atoms with van der Waals surface area (Å²) >= 11 is 3.32. The van der Waals surface area contributed by atoms with Gasteiger partial charge in [-0.1, -0.05) is 6.07 Å². The molecule has 1 N–H and O–H groups in total. The fourth-order valence-electron chi connectivity index (χ4n) is 3.17. The van der Waals surface area contributed by atoms with E-state index in [4.69, 9.17) is 5.11 Å². The minimum Gasteiger partial charge on any atom is -0.392 e. The lowest BCUT2D eigenvalue weighted by molar-refractivity contribution is 0.158. The summed E-state index contributed by atoms with van der Waals surface area (Å²) in [6.45, 7) is 2.94. The van der Waals surface area contributed by atoms with E-state index in [2.05, 4.69) is 20.8 Å². The summed E-state index contributed by atoms with van der Waals surface area (Å²) in [4.78, 5) is 2.67. The van der Waals surface area contributed by atoms with Gasteiger partial charge in [0.05, 0.1) is 11.5 Å². The lowest BCUT2D eigenvalue weighted by atomic mass is 10.2. The largest absolute Gasteiger partial charge is 0.392 e. The molecule has 1 aromatic rings. The Hall–Kier alpha value is -0.470. The predicted molar refractivity (Wildman–Crippen MR) is 83.4 cm³/mol. The minimum absolute atomic E-state index is 0.0975. The number of aliphatic hydroxyl groups excluding tert-OH is 1. The highest BCUT2D eigenvalue weighted by atomic mass is 79.9. The molecular weight excluding hydrogens is 356 g/mol. The van der Waals surface area contributed by atoms with Gasteiger partial charge < -0.3 is 5.11 Å². The molecule has 0 spiro atoms. The Bertz CT molecular complexity index is 635. The second-order valence-electron chi connectivity index (χ2n) is 5.62. The van der Waals surface area contributed by atoms with Crippen molar-refractivity contribution in [1.29, 1.82) is 0 Å². The van der Waals surface area contributed by atoms with Crippen molar-refractivity contribution >= 4 is 26.0 Å². The normalized spacial score (nSPS) is 24.2. The van der Waals surface area contributed by atoms with Crippen LogP contribution in [0.5, 0.6) is 0 Å². The molecule has 0 amide bonds. The Morgan fingerprint density at radius 2 is 2.10 bits per heavy atom. The molecule has 2 heterocycles. The van der Waals surface area contributed by atoms with Gasteiger partial charge >= 0.3 is 0 Å². The molecule has 1 atom stereocenters. The van der Waals surface area contributed by atoms with Crippen LogP contribution >= 0.6 is 15.9 Å². The number of benzene rings is 1. The Morgan fingerprint density at radius 3 is 2.81 bits per heavy atom. The van der Waals surface area contributed by atoms with E-state index in [1.165, 1.54) is 0 Å². The van der Waals surface area contributed by atoms with Gasteiger partial charge in [0.15, 0.2) is 0 Å². The molecule has 0 radical (unpaired) electrons. The molecule has 2 aliphatic rings. The van der Waals surface area contributed by atoms with Gasteiger partial charge in [0.1, 0.15) is 0 Å². The molecule has 2 fully saturated rings. The number of hydrogen-bond acceptors (Lipinski definition) is 4. The Balaban J connectivity index is 1.86. The summed E-state index contributed by atoms with van der Waals surface area (Å²) < 4.78 is 27.7. The summed E-state index contributed by atoms with van der Waals surface area (Å²) in [5, 5.41) is 9.12. The maximum atomic E-state index is 12.8. The summed E-state index contributed by atoms with van der Waals surface area (Å²) in [6.07, 6.45) is 2.24. The van der Waals surface area contributed by atoms with Gasteiger partial charge in [0.25, 0.3) is 0 Å². The molecule has 0 aromatic heterocycles. The highest BCUT2D eigenvalue weighted by molar-refractivity contribution is 9.10. The molecule has 116 valence electrons. The molecule has 1 unspecified atom stereocenters. The third kappa shape index (κ3) is 2.90. The number of sulfonamides is 1. The SMILES string of the molecule is O=S(=O)(c1ccc(CO)cc1Br)N1CCN2CCCC2C1. The van der Waals surface area contributed by atoms with Gasteiger partial charge in [0.2, 0.25) is 10.0 Å².